The summed E-state index contributed by atoms with van der Waals surface area (Å²) in [6.07, 6.45) is -2.19. The zero-order valence-electron chi connectivity index (χ0n) is 13.1. The summed E-state index contributed by atoms with van der Waals surface area (Å²) in [4.78, 5) is 23.6. The van der Waals surface area contributed by atoms with E-state index in [1.165, 1.54) is 12.1 Å². The number of carboxylic acids is 1. The predicted molar refractivity (Wildman–Crippen MR) is 81.8 cm³/mol. The number of halogens is 2. The zero-order chi connectivity index (χ0) is 17.5. The number of carbonyl (C=O) groups is 2. The van der Waals surface area contributed by atoms with E-state index < -0.39 is 30.3 Å². The molecular weight excluding hydrogens is 308 g/mol. The third kappa shape index (κ3) is 5.19. The van der Waals surface area contributed by atoms with Gasteiger partial charge >= 0.3 is 5.97 Å². The molecule has 0 aromatic heterocycles. The standard InChI is InChI=1S/C16H21F2NO4/c1-3-16(4-2,15(21)22)9-14(20)19-11-7-5-6-8-12(11)23-10-13(17)18/h5-8,13H,3-4,9-10H2,1-2H3,(H,19,20)(H,21,22). The highest BCUT2D eigenvalue weighted by Gasteiger charge is 2.37. The molecule has 0 spiro atoms. The number of hydrogen-bond acceptors (Lipinski definition) is 3. The summed E-state index contributed by atoms with van der Waals surface area (Å²) in [6.45, 7) is 2.64. The third-order valence-corrected chi connectivity index (χ3v) is 3.83. The van der Waals surface area contributed by atoms with Gasteiger partial charge in [0, 0.05) is 6.42 Å². The third-order valence-electron chi connectivity index (χ3n) is 3.83. The molecule has 0 heterocycles. The molecule has 2 N–H and O–H groups in total. The van der Waals surface area contributed by atoms with E-state index in [9.17, 15) is 23.5 Å². The maximum Gasteiger partial charge on any atom is 0.310 e. The highest BCUT2D eigenvalue weighted by Crippen LogP contribution is 2.32. The number of carbonyl (C=O) groups excluding carboxylic acids is 1. The van der Waals surface area contributed by atoms with Gasteiger partial charge in [0.05, 0.1) is 11.1 Å². The molecule has 0 unspecified atom stereocenters. The molecule has 0 radical (unpaired) electrons. The predicted octanol–water partition coefficient (Wildman–Crippen LogP) is 3.55. The van der Waals surface area contributed by atoms with Gasteiger partial charge in [0.15, 0.2) is 0 Å². The first-order valence-electron chi connectivity index (χ1n) is 7.38. The van der Waals surface area contributed by atoms with E-state index in [0.29, 0.717) is 12.8 Å². The number of alkyl halides is 2. The number of nitrogens with one attached hydrogen (secondary N) is 1. The monoisotopic (exact) mass is 329 g/mol. The summed E-state index contributed by atoms with van der Waals surface area (Å²) in [7, 11) is 0. The SMILES string of the molecule is CCC(CC)(CC(=O)Nc1ccccc1OCC(F)F)C(=O)O. The van der Waals surface area contributed by atoms with E-state index in [-0.39, 0.29) is 17.9 Å². The first-order valence-corrected chi connectivity index (χ1v) is 7.38. The summed E-state index contributed by atoms with van der Waals surface area (Å²) < 4.78 is 29.4. The molecule has 7 heteroatoms. The van der Waals surface area contributed by atoms with Gasteiger partial charge in [-0.25, -0.2) is 8.78 Å². The normalized spacial score (nSPS) is 11.3. The van der Waals surface area contributed by atoms with Crippen molar-refractivity contribution in [2.75, 3.05) is 11.9 Å². The van der Waals surface area contributed by atoms with Crippen molar-refractivity contribution in [3.8, 4) is 5.75 Å². The summed E-state index contributed by atoms with van der Waals surface area (Å²) in [5.74, 6) is -1.40. The van der Waals surface area contributed by atoms with Crippen LogP contribution >= 0.6 is 0 Å². The van der Waals surface area contributed by atoms with Crippen molar-refractivity contribution in [1.82, 2.24) is 0 Å². The van der Waals surface area contributed by atoms with E-state index in [2.05, 4.69) is 5.32 Å². The Morgan fingerprint density at radius 2 is 1.87 bits per heavy atom. The van der Waals surface area contributed by atoms with Gasteiger partial charge in [-0.3, -0.25) is 9.59 Å². The molecule has 1 rings (SSSR count). The Hall–Kier alpha value is -2.18. The molecule has 0 aliphatic rings. The summed E-state index contributed by atoms with van der Waals surface area (Å²) >= 11 is 0. The van der Waals surface area contributed by atoms with Crippen LogP contribution in [0.25, 0.3) is 0 Å². The minimum Gasteiger partial charge on any atom is -0.485 e. The molecule has 0 bridgehead atoms. The number of rotatable bonds is 9. The number of hydrogen-bond donors (Lipinski definition) is 2. The van der Waals surface area contributed by atoms with Gasteiger partial charge in [0.1, 0.15) is 12.4 Å². The van der Waals surface area contributed by atoms with Gasteiger partial charge in [-0.1, -0.05) is 26.0 Å². The van der Waals surface area contributed by atoms with Gasteiger partial charge in [-0.2, -0.15) is 0 Å². The molecule has 0 atom stereocenters. The minimum absolute atomic E-state index is 0.120. The van der Waals surface area contributed by atoms with E-state index in [4.69, 9.17) is 4.74 Å². The average Bonchev–Trinajstić information content (AvgIpc) is 2.51. The molecule has 23 heavy (non-hydrogen) atoms. The van der Waals surface area contributed by atoms with Crippen LogP contribution in [0.5, 0.6) is 5.75 Å². The molecule has 0 aliphatic heterocycles. The van der Waals surface area contributed by atoms with E-state index in [1.54, 1.807) is 26.0 Å². The molecule has 0 saturated heterocycles. The van der Waals surface area contributed by atoms with Crippen molar-refractivity contribution in [2.24, 2.45) is 5.41 Å². The number of carboxylic acid groups (broad SMARTS) is 1. The van der Waals surface area contributed by atoms with E-state index in [0.717, 1.165) is 0 Å². The lowest BCUT2D eigenvalue weighted by atomic mass is 9.79. The fourth-order valence-electron chi connectivity index (χ4n) is 2.23. The summed E-state index contributed by atoms with van der Waals surface area (Å²) in [6, 6.07) is 6.19. The Labute approximate surface area is 133 Å². The largest absolute Gasteiger partial charge is 0.485 e. The first-order chi connectivity index (χ1) is 10.8. The van der Waals surface area contributed by atoms with Crippen LogP contribution in [0.4, 0.5) is 14.5 Å². The highest BCUT2D eigenvalue weighted by molar-refractivity contribution is 5.95. The van der Waals surface area contributed by atoms with Crippen molar-refractivity contribution >= 4 is 17.6 Å². The van der Waals surface area contributed by atoms with Crippen LogP contribution in [0, 0.1) is 5.41 Å². The number of ether oxygens (including phenoxy) is 1. The summed E-state index contributed by atoms with van der Waals surface area (Å²) in [5, 5.41) is 11.9. The topological polar surface area (TPSA) is 75.6 Å². The van der Waals surface area contributed by atoms with Crippen molar-refractivity contribution in [3.63, 3.8) is 0 Å². The molecule has 1 amide bonds. The maximum atomic E-state index is 12.2. The van der Waals surface area contributed by atoms with Gasteiger partial charge in [0.2, 0.25) is 5.91 Å². The molecule has 0 fully saturated rings. The van der Waals surface area contributed by atoms with Crippen LogP contribution in [0.1, 0.15) is 33.1 Å². The van der Waals surface area contributed by atoms with Gasteiger partial charge in [0.25, 0.3) is 6.43 Å². The lowest BCUT2D eigenvalue weighted by Crippen LogP contribution is -2.34. The van der Waals surface area contributed by atoms with Crippen molar-refractivity contribution in [3.05, 3.63) is 24.3 Å². The second-order valence-electron chi connectivity index (χ2n) is 5.22. The van der Waals surface area contributed by atoms with Crippen LogP contribution in [-0.2, 0) is 9.59 Å². The lowest BCUT2D eigenvalue weighted by Gasteiger charge is -2.26. The Kier molecular flexibility index (Phi) is 6.93. The van der Waals surface area contributed by atoms with Gasteiger partial charge in [-0.15, -0.1) is 0 Å². The van der Waals surface area contributed by atoms with Crippen LogP contribution in [0.15, 0.2) is 24.3 Å². The Balaban J connectivity index is 2.83. The fraction of sp³-hybridized carbons (Fsp3) is 0.500. The number of benzene rings is 1. The molecular formula is C16H21F2NO4. The Bertz CT molecular complexity index is 545. The molecule has 128 valence electrons. The zero-order valence-corrected chi connectivity index (χ0v) is 13.1. The van der Waals surface area contributed by atoms with Crippen molar-refractivity contribution in [1.29, 1.82) is 0 Å². The highest BCUT2D eigenvalue weighted by atomic mass is 19.3. The molecule has 5 nitrogen and oxygen atoms in total. The maximum absolute atomic E-state index is 12.2. The first kappa shape index (κ1) is 18.9. The van der Waals surface area contributed by atoms with Gasteiger partial charge < -0.3 is 15.2 Å². The number of amides is 1. The second-order valence-corrected chi connectivity index (χ2v) is 5.22. The Morgan fingerprint density at radius 3 is 2.39 bits per heavy atom. The van der Waals surface area contributed by atoms with Crippen molar-refractivity contribution in [2.45, 2.75) is 39.5 Å². The van der Waals surface area contributed by atoms with E-state index >= 15 is 0 Å². The van der Waals surface area contributed by atoms with Crippen LogP contribution in [0.3, 0.4) is 0 Å². The van der Waals surface area contributed by atoms with Crippen LogP contribution < -0.4 is 10.1 Å². The van der Waals surface area contributed by atoms with Gasteiger partial charge in [-0.05, 0) is 25.0 Å². The van der Waals surface area contributed by atoms with Crippen LogP contribution in [-0.4, -0.2) is 30.0 Å². The molecule has 0 saturated carbocycles. The van der Waals surface area contributed by atoms with E-state index in [1.807, 2.05) is 0 Å². The smallest absolute Gasteiger partial charge is 0.310 e. The van der Waals surface area contributed by atoms with Crippen molar-refractivity contribution < 1.29 is 28.2 Å². The molecule has 1 aromatic carbocycles. The average molecular weight is 329 g/mol. The number of aliphatic carboxylic acids is 1. The Morgan fingerprint density at radius 1 is 1.26 bits per heavy atom. The molecule has 1 aromatic rings. The minimum atomic E-state index is -2.63. The van der Waals surface area contributed by atoms with Crippen LogP contribution in [0.2, 0.25) is 0 Å². The number of anilines is 1. The number of para-hydroxylation sites is 2. The second kappa shape index (κ2) is 8.45. The lowest BCUT2D eigenvalue weighted by molar-refractivity contribution is -0.151. The summed E-state index contributed by atoms with van der Waals surface area (Å²) in [5.41, 5.74) is -0.896. The molecule has 0 aliphatic carbocycles. The quantitative estimate of drug-likeness (QED) is 0.726. The fourth-order valence-corrected chi connectivity index (χ4v) is 2.23.